The summed E-state index contributed by atoms with van der Waals surface area (Å²) in [6, 6.07) is 1.81. The number of hydrogen-bond acceptors (Lipinski definition) is 2. The SMILES string of the molecule is CC1CCCC(N(CCCN)C2CC2)C1. The van der Waals surface area contributed by atoms with Crippen molar-refractivity contribution in [1.82, 2.24) is 4.90 Å². The van der Waals surface area contributed by atoms with Gasteiger partial charge in [-0.15, -0.1) is 0 Å². The van der Waals surface area contributed by atoms with Crippen LogP contribution in [0.25, 0.3) is 0 Å². The van der Waals surface area contributed by atoms with E-state index in [-0.39, 0.29) is 0 Å². The fraction of sp³-hybridized carbons (Fsp3) is 1.00. The van der Waals surface area contributed by atoms with Crippen molar-refractivity contribution in [2.45, 2.75) is 64.0 Å². The molecule has 2 saturated carbocycles. The van der Waals surface area contributed by atoms with E-state index in [2.05, 4.69) is 11.8 Å². The largest absolute Gasteiger partial charge is 0.330 e. The van der Waals surface area contributed by atoms with E-state index in [0.717, 1.165) is 24.5 Å². The molecular weight excluding hydrogens is 184 g/mol. The summed E-state index contributed by atoms with van der Waals surface area (Å²) in [5, 5.41) is 0. The lowest BCUT2D eigenvalue weighted by Gasteiger charge is -2.37. The summed E-state index contributed by atoms with van der Waals surface area (Å²) in [6.45, 7) is 4.52. The molecule has 2 atom stereocenters. The van der Waals surface area contributed by atoms with Gasteiger partial charge in [0.15, 0.2) is 0 Å². The molecule has 2 N–H and O–H groups in total. The highest BCUT2D eigenvalue weighted by atomic mass is 15.2. The van der Waals surface area contributed by atoms with Gasteiger partial charge in [-0.2, -0.15) is 0 Å². The summed E-state index contributed by atoms with van der Waals surface area (Å²) in [7, 11) is 0. The second-order valence-corrected chi connectivity index (χ2v) is 5.54. The molecule has 2 fully saturated rings. The van der Waals surface area contributed by atoms with Crippen LogP contribution in [-0.2, 0) is 0 Å². The molecular formula is C13H26N2. The first-order chi connectivity index (χ1) is 7.31. The van der Waals surface area contributed by atoms with Crippen molar-refractivity contribution in [3.63, 3.8) is 0 Å². The lowest BCUT2D eigenvalue weighted by molar-refractivity contribution is 0.125. The first-order valence-electron chi connectivity index (χ1n) is 6.77. The zero-order valence-corrected chi connectivity index (χ0v) is 10.1. The van der Waals surface area contributed by atoms with Crippen LogP contribution >= 0.6 is 0 Å². The van der Waals surface area contributed by atoms with E-state index in [4.69, 9.17) is 5.73 Å². The summed E-state index contributed by atoms with van der Waals surface area (Å²) >= 11 is 0. The first kappa shape index (κ1) is 11.4. The molecule has 88 valence electrons. The van der Waals surface area contributed by atoms with E-state index in [1.54, 1.807) is 0 Å². The van der Waals surface area contributed by atoms with Crippen LogP contribution in [0.4, 0.5) is 0 Å². The van der Waals surface area contributed by atoms with Crippen LogP contribution in [0.2, 0.25) is 0 Å². The monoisotopic (exact) mass is 210 g/mol. The van der Waals surface area contributed by atoms with Gasteiger partial charge in [0, 0.05) is 12.1 Å². The third-order valence-corrected chi connectivity index (χ3v) is 4.01. The number of hydrogen-bond donors (Lipinski definition) is 1. The number of nitrogens with zero attached hydrogens (tertiary/aromatic N) is 1. The molecule has 0 radical (unpaired) electrons. The Bertz CT molecular complexity index is 189. The standard InChI is InChI=1S/C13H26N2/c1-11-4-2-5-13(10-11)15(9-3-8-14)12-6-7-12/h11-13H,2-10,14H2,1H3. The van der Waals surface area contributed by atoms with Crippen LogP contribution in [0.1, 0.15) is 51.9 Å². The molecule has 15 heavy (non-hydrogen) atoms. The predicted octanol–water partition coefficient (Wildman–Crippen LogP) is 2.38. The van der Waals surface area contributed by atoms with Crippen LogP contribution in [0.5, 0.6) is 0 Å². The normalized spacial score (nSPS) is 32.2. The maximum atomic E-state index is 5.63. The second-order valence-electron chi connectivity index (χ2n) is 5.54. The highest BCUT2D eigenvalue weighted by Gasteiger charge is 2.34. The molecule has 0 saturated heterocycles. The Morgan fingerprint density at radius 2 is 1.93 bits per heavy atom. The molecule has 0 spiro atoms. The minimum absolute atomic E-state index is 0.853. The van der Waals surface area contributed by atoms with Crippen molar-refractivity contribution >= 4 is 0 Å². The van der Waals surface area contributed by atoms with E-state index in [9.17, 15) is 0 Å². The smallest absolute Gasteiger partial charge is 0.0101 e. The van der Waals surface area contributed by atoms with Crippen molar-refractivity contribution in [3.8, 4) is 0 Å². The Labute approximate surface area is 94.2 Å². The van der Waals surface area contributed by atoms with Crippen LogP contribution in [0.15, 0.2) is 0 Å². The molecule has 0 bridgehead atoms. The maximum Gasteiger partial charge on any atom is 0.0101 e. The zero-order chi connectivity index (χ0) is 10.7. The van der Waals surface area contributed by atoms with Crippen LogP contribution in [0, 0.1) is 5.92 Å². The van der Waals surface area contributed by atoms with Crippen molar-refractivity contribution in [1.29, 1.82) is 0 Å². The molecule has 0 heterocycles. The molecule has 2 nitrogen and oxygen atoms in total. The van der Waals surface area contributed by atoms with E-state index in [1.165, 1.54) is 51.5 Å². The highest BCUT2D eigenvalue weighted by molar-refractivity contribution is 4.90. The van der Waals surface area contributed by atoms with Gasteiger partial charge >= 0.3 is 0 Å². The highest BCUT2D eigenvalue weighted by Crippen LogP contribution is 2.35. The van der Waals surface area contributed by atoms with E-state index in [0.29, 0.717) is 0 Å². The maximum absolute atomic E-state index is 5.63. The minimum Gasteiger partial charge on any atom is -0.330 e. The molecule has 0 aromatic carbocycles. The van der Waals surface area contributed by atoms with Crippen molar-refractivity contribution in [3.05, 3.63) is 0 Å². The van der Waals surface area contributed by atoms with Crippen LogP contribution in [0.3, 0.4) is 0 Å². The Balaban J connectivity index is 1.85. The zero-order valence-electron chi connectivity index (χ0n) is 10.1. The fourth-order valence-electron chi connectivity index (χ4n) is 3.05. The fourth-order valence-corrected chi connectivity index (χ4v) is 3.05. The summed E-state index contributed by atoms with van der Waals surface area (Å²) in [6.07, 6.45) is 9.82. The lowest BCUT2D eigenvalue weighted by Crippen LogP contribution is -2.41. The Morgan fingerprint density at radius 1 is 1.13 bits per heavy atom. The average molecular weight is 210 g/mol. The van der Waals surface area contributed by atoms with Gasteiger partial charge in [0.05, 0.1) is 0 Å². The molecule has 2 aliphatic rings. The Hall–Kier alpha value is -0.0800. The van der Waals surface area contributed by atoms with Crippen LogP contribution < -0.4 is 5.73 Å². The lowest BCUT2D eigenvalue weighted by atomic mass is 9.86. The van der Waals surface area contributed by atoms with Crippen molar-refractivity contribution in [2.75, 3.05) is 13.1 Å². The number of nitrogens with two attached hydrogens (primary N) is 1. The van der Waals surface area contributed by atoms with Gasteiger partial charge in [0.1, 0.15) is 0 Å². The quantitative estimate of drug-likeness (QED) is 0.755. The number of rotatable bonds is 5. The summed E-state index contributed by atoms with van der Waals surface area (Å²) in [5.74, 6) is 0.947. The summed E-state index contributed by atoms with van der Waals surface area (Å²) in [4.78, 5) is 2.78. The van der Waals surface area contributed by atoms with Gasteiger partial charge in [0.2, 0.25) is 0 Å². The van der Waals surface area contributed by atoms with Gasteiger partial charge in [-0.3, -0.25) is 4.90 Å². The van der Waals surface area contributed by atoms with E-state index < -0.39 is 0 Å². The third kappa shape index (κ3) is 3.18. The van der Waals surface area contributed by atoms with Gasteiger partial charge in [-0.1, -0.05) is 19.8 Å². The molecule has 2 heteroatoms. The van der Waals surface area contributed by atoms with E-state index in [1.807, 2.05) is 0 Å². The van der Waals surface area contributed by atoms with Gasteiger partial charge < -0.3 is 5.73 Å². The molecule has 0 aromatic rings. The molecule has 0 aromatic heterocycles. The molecule has 0 aliphatic heterocycles. The molecule has 2 aliphatic carbocycles. The molecule has 0 amide bonds. The van der Waals surface area contributed by atoms with E-state index >= 15 is 0 Å². The molecule has 2 rings (SSSR count). The van der Waals surface area contributed by atoms with Gasteiger partial charge in [-0.05, 0) is 51.1 Å². The summed E-state index contributed by atoms with van der Waals surface area (Å²) in [5.41, 5.74) is 5.63. The Kier molecular flexibility index (Phi) is 4.04. The average Bonchev–Trinajstić information content (AvgIpc) is 3.03. The topological polar surface area (TPSA) is 29.3 Å². The molecule has 2 unspecified atom stereocenters. The second kappa shape index (κ2) is 5.31. The minimum atomic E-state index is 0.853. The first-order valence-corrected chi connectivity index (χ1v) is 6.77. The predicted molar refractivity (Wildman–Crippen MR) is 64.8 cm³/mol. The van der Waals surface area contributed by atoms with Gasteiger partial charge in [-0.25, -0.2) is 0 Å². The van der Waals surface area contributed by atoms with Crippen molar-refractivity contribution < 1.29 is 0 Å². The summed E-state index contributed by atoms with van der Waals surface area (Å²) < 4.78 is 0. The van der Waals surface area contributed by atoms with Crippen LogP contribution in [-0.4, -0.2) is 30.1 Å². The third-order valence-electron chi connectivity index (χ3n) is 4.01. The Morgan fingerprint density at radius 3 is 2.53 bits per heavy atom. The van der Waals surface area contributed by atoms with Crippen molar-refractivity contribution in [2.24, 2.45) is 11.7 Å². The van der Waals surface area contributed by atoms with Gasteiger partial charge in [0.25, 0.3) is 0 Å².